The third-order valence-electron chi connectivity index (χ3n) is 2.76. The first-order valence-corrected chi connectivity index (χ1v) is 4.91. The van der Waals surface area contributed by atoms with Crippen molar-refractivity contribution in [2.75, 3.05) is 0 Å². The summed E-state index contributed by atoms with van der Waals surface area (Å²) in [5.41, 5.74) is 2.40. The Bertz CT molecular complexity index is 361. The van der Waals surface area contributed by atoms with Gasteiger partial charge in [-0.05, 0) is 31.0 Å². The summed E-state index contributed by atoms with van der Waals surface area (Å²) in [5.74, 6) is 1.22. The van der Waals surface area contributed by atoms with Gasteiger partial charge in [0.2, 0.25) is 0 Å². The summed E-state index contributed by atoms with van der Waals surface area (Å²) in [4.78, 5) is 10.8. The van der Waals surface area contributed by atoms with Crippen LogP contribution >= 0.6 is 0 Å². The van der Waals surface area contributed by atoms with Crippen molar-refractivity contribution >= 4 is 5.78 Å². The van der Waals surface area contributed by atoms with Crippen molar-refractivity contribution in [2.24, 2.45) is 0 Å². The normalized spacial score (nSPS) is 16.6. The van der Waals surface area contributed by atoms with E-state index in [1.807, 2.05) is 19.1 Å². The van der Waals surface area contributed by atoms with Gasteiger partial charge in [0.1, 0.15) is 17.6 Å². The highest BCUT2D eigenvalue weighted by molar-refractivity contribution is 5.85. The number of benzene rings is 1. The quantitative estimate of drug-likeness (QED) is 0.715. The molecule has 0 spiro atoms. The highest BCUT2D eigenvalue weighted by Crippen LogP contribution is 2.26. The Morgan fingerprint density at radius 2 is 2.00 bits per heavy atom. The molecule has 0 N–H and O–H groups in total. The molecule has 74 valence electrons. The minimum absolute atomic E-state index is 0.114. The number of rotatable bonds is 2. The summed E-state index contributed by atoms with van der Waals surface area (Å²) in [6.07, 6.45) is 1.27. The van der Waals surface area contributed by atoms with Crippen molar-refractivity contribution in [3.05, 3.63) is 29.3 Å². The summed E-state index contributed by atoms with van der Waals surface area (Å²) in [6, 6.07) is 6.01. The molecule has 1 fully saturated rings. The Balaban J connectivity index is 2.09. The van der Waals surface area contributed by atoms with Gasteiger partial charge >= 0.3 is 0 Å². The molecule has 2 nitrogen and oxygen atoms in total. The maximum Gasteiger partial charge on any atom is 0.140 e. The number of Topliss-reactive ketones (excluding diaryl/α,β-unsaturated/α-hetero) is 1. The zero-order valence-electron chi connectivity index (χ0n) is 8.54. The van der Waals surface area contributed by atoms with Gasteiger partial charge in [0, 0.05) is 12.8 Å². The van der Waals surface area contributed by atoms with E-state index < -0.39 is 0 Å². The highest BCUT2D eigenvalue weighted by Gasteiger charge is 2.28. The van der Waals surface area contributed by atoms with Crippen LogP contribution < -0.4 is 4.74 Å². The molecule has 1 aliphatic carbocycles. The summed E-state index contributed by atoms with van der Waals surface area (Å²) in [7, 11) is 0. The predicted molar refractivity (Wildman–Crippen MR) is 54.6 cm³/mol. The third kappa shape index (κ3) is 1.65. The average molecular weight is 190 g/mol. The van der Waals surface area contributed by atoms with Crippen LogP contribution in [0.2, 0.25) is 0 Å². The molecule has 0 saturated heterocycles. The molecule has 0 radical (unpaired) electrons. The van der Waals surface area contributed by atoms with Crippen molar-refractivity contribution in [2.45, 2.75) is 32.8 Å². The Morgan fingerprint density at radius 1 is 1.29 bits per heavy atom. The monoisotopic (exact) mass is 190 g/mol. The van der Waals surface area contributed by atoms with Crippen LogP contribution in [0.3, 0.4) is 0 Å². The van der Waals surface area contributed by atoms with Crippen molar-refractivity contribution < 1.29 is 9.53 Å². The zero-order valence-corrected chi connectivity index (χ0v) is 8.54. The molecule has 0 amide bonds. The lowest BCUT2D eigenvalue weighted by Crippen LogP contribution is -2.33. The van der Waals surface area contributed by atoms with Crippen LogP contribution in [0, 0.1) is 13.8 Å². The Kier molecular flexibility index (Phi) is 2.28. The smallest absolute Gasteiger partial charge is 0.140 e. The van der Waals surface area contributed by atoms with Gasteiger partial charge in [-0.15, -0.1) is 0 Å². The molecule has 0 aliphatic heterocycles. The molecule has 1 saturated carbocycles. The van der Waals surface area contributed by atoms with Gasteiger partial charge in [-0.3, -0.25) is 4.79 Å². The van der Waals surface area contributed by atoms with Crippen molar-refractivity contribution in [1.82, 2.24) is 0 Å². The standard InChI is InChI=1S/C12H14O2/c1-8-4-3-5-12(9(8)2)14-11-6-10(13)7-11/h3-5,11H,6-7H2,1-2H3. The SMILES string of the molecule is Cc1cccc(OC2CC(=O)C2)c1C. The molecule has 1 aromatic rings. The van der Waals surface area contributed by atoms with Gasteiger partial charge in [0.05, 0.1) is 0 Å². The molecule has 0 bridgehead atoms. The fraction of sp³-hybridized carbons (Fsp3) is 0.417. The summed E-state index contributed by atoms with van der Waals surface area (Å²) >= 11 is 0. The highest BCUT2D eigenvalue weighted by atomic mass is 16.5. The summed E-state index contributed by atoms with van der Waals surface area (Å²) in [6.45, 7) is 4.11. The van der Waals surface area contributed by atoms with E-state index in [0.29, 0.717) is 18.6 Å². The number of ketones is 1. The largest absolute Gasteiger partial charge is 0.489 e. The number of hydrogen-bond acceptors (Lipinski definition) is 2. The first kappa shape index (κ1) is 9.25. The second kappa shape index (κ2) is 3.45. The summed E-state index contributed by atoms with van der Waals surface area (Å²) in [5, 5.41) is 0. The van der Waals surface area contributed by atoms with E-state index in [2.05, 4.69) is 13.0 Å². The van der Waals surface area contributed by atoms with E-state index in [-0.39, 0.29) is 6.10 Å². The van der Waals surface area contributed by atoms with E-state index in [9.17, 15) is 4.79 Å². The van der Waals surface area contributed by atoms with E-state index >= 15 is 0 Å². The molecule has 1 aliphatic rings. The fourth-order valence-electron chi connectivity index (χ4n) is 1.56. The molecule has 1 aromatic carbocycles. The van der Waals surface area contributed by atoms with Crippen molar-refractivity contribution in [3.63, 3.8) is 0 Å². The summed E-state index contributed by atoms with van der Waals surface area (Å²) < 4.78 is 5.71. The topological polar surface area (TPSA) is 26.3 Å². The van der Waals surface area contributed by atoms with Crippen LogP contribution in [0.25, 0.3) is 0 Å². The molecule has 0 unspecified atom stereocenters. The Hall–Kier alpha value is -1.31. The molecule has 0 heterocycles. The lowest BCUT2D eigenvalue weighted by Gasteiger charge is -2.26. The predicted octanol–water partition coefficient (Wildman–Crippen LogP) is 2.41. The first-order valence-electron chi connectivity index (χ1n) is 4.91. The van der Waals surface area contributed by atoms with E-state index in [4.69, 9.17) is 4.74 Å². The molecule has 2 heteroatoms. The maximum atomic E-state index is 10.8. The number of hydrogen-bond donors (Lipinski definition) is 0. The van der Waals surface area contributed by atoms with Crippen LogP contribution in [-0.2, 0) is 4.79 Å². The second-order valence-electron chi connectivity index (χ2n) is 3.88. The van der Waals surface area contributed by atoms with E-state index in [1.165, 1.54) is 11.1 Å². The van der Waals surface area contributed by atoms with Gasteiger partial charge in [0.15, 0.2) is 0 Å². The van der Waals surface area contributed by atoms with Gasteiger partial charge in [-0.1, -0.05) is 12.1 Å². The lowest BCUT2D eigenvalue weighted by atomic mass is 9.94. The van der Waals surface area contributed by atoms with Crippen LogP contribution in [0.1, 0.15) is 24.0 Å². The molecular weight excluding hydrogens is 176 g/mol. The number of ether oxygens (including phenoxy) is 1. The van der Waals surface area contributed by atoms with Gasteiger partial charge in [-0.2, -0.15) is 0 Å². The molecule has 2 rings (SSSR count). The van der Waals surface area contributed by atoms with Crippen LogP contribution in [0.15, 0.2) is 18.2 Å². The van der Waals surface area contributed by atoms with E-state index in [0.717, 1.165) is 5.75 Å². The fourth-order valence-corrected chi connectivity index (χ4v) is 1.56. The first-order chi connectivity index (χ1) is 6.66. The maximum absolute atomic E-state index is 10.8. The Labute approximate surface area is 83.9 Å². The lowest BCUT2D eigenvalue weighted by molar-refractivity contribution is -0.129. The van der Waals surface area contributed by atoms with Gasteiger partial charge < -0.3 is 4.74 Å². The molecule has 0 atom stereocenters. The minimum Gasteiger partial charge on any atom is -0.489 e. The molecular formula is C12H14O2. The van der Waals surface area contributed by atoms with Crippen LogP contribution in [0.5, 0.6) is 5.75 Å². The molecule has 0 aromatic heterocycles. The average Bonchev–Trinajstić information content (AvgIpc) is 2.10. The number of carbonyl (C=O) groups excluding carboxylic acids is 1. The molecule has 14 heavy (non-hydrogen) atoms. The third-order valence-corrected chi connectivity index (χ3v) is 2.76. The zero-order chi connectivity index (χ0) is 10.1. The van der Waals surface area contributed by atoms with Gasteiger partial charge in [0.25, 0.3) is 0 Å². The number of carbonyl (C=O) groups is 1. The van der Waals surface area contributed by atoms with Crippen LogP contribution in [-0.4, -0.2) is 11.9 Å². The van der Waals surface area contributed by atoms with Crippen molar-refractivity contribution in [1.29, 1.82) is 0 Å². The van der Waals surface area contributed by atoms with Gasteiger partial charge in [-0.25, -0.2) is 0 Å². The second-order valence-corrected chi connectivity index (χ2v) is 3.88. The van der Waals surface area contributed by atoms with Crippen LogP contribution in [0.4, 0.5) is 0 Å². The number of aryl methyl sites for hydroxylation is 1. The Morgan fingerprint density at radius 3 is 2.64 bits per heavy atom. The van der Waals surface area contributed by atoms with E-state index in [1.54, 1.807) is 0 Å². The minimum atomic E-state index is 0.114. The van der Waals surface area contributed by atoms with Crippen molar-refractivity contribution in [3.8, 4) is 5.75 Å².